The van der Waals surface area contributed by atoms with Gasteiger partial charge in [-0.1, -0.05) is 26.0 Å². The van der Waals surface area contributed by atoms with Gasteiger partial charge in [0, 0.05) is 4.88 Å². The molecule has 3 aromatic rings. The first-order valence-corrected chi connectivity index (χ1v) is 10.0. The second kappa shape index (κ2) is 8.96. The van der Waals surface area contributed by atoms with E-state index >= 15 is 0 Å². The van der Waals surface area contributed by atoms with E-state index in [0.29, 0.717) is 22.2 Å². The van der Waals surface area contributed by atoms with Gasteiger partial charge in [0.25, 0.3) is 5.91 Å². The number of methoxy groups -OCH3 is 1. The van der Waals surface area contributed by atoms with Gasteiger partial charge in [-0.05, 0) is 48.7 Å². The summed E-state index contributed by atoms with van der Waals surface area (Å²) >= 11 is 1.30. The highest BCUT2D eigenvalue weighted by atomic mass is 32.1. The number of anilines is 1. The maximum atomic E-state index is 12.5. The average Bonchev–Trinajstić information content (AvgIpc) is 3.32. The zero-order valence-electron chi connectivity index (χ0n) is 16.8. The Kier molecular flexibility index (Phi) is 6.39. The largest absolute Gasteiger partial charge is 0.486 e. The van der Waals surface area contributed by atoms with Crippen LogP contribution in [0.3, 0.4) is 0 Å². The van der Waals surface area contributed by atoms with Crippen molar-refractivity contribution in [3.63, 3.8) is 0 Å². The van der Waals surface area contributed by atoms with E-state index in [4.69, 9.17) is 13.9 Å². The number of aryl methyl sites for hydroxylation is 1. The van der Waals surface area contributed by atoms with Crippen molar-refractivity contribution >= 4 is 28.2 Å². The molecule has 1 aromatic carbocycles. The number of nitrogens with one attached hydrogen (secondary N) is 1. The van der Waals surface area contributed by atoms with Crippen LogP contribution in [-0.2, 0) is 11.3 Å². The summed E-state index contributed by atoms with van der Waals surface area (Å²) in [7, 11) is 1.30. The van der Waals surface area contributed by atoms with Gasteiger partial charge in [0.1, 0.15) is 23.1 Å². The van der Waals surface area contributed by atoms with E-state index in [1.54, 1.807) is 18.2 Å². The summed E-state index contributed by atoms with van der Waals surface area (Å²) in [5.41, 5.74) is 1.56. The van der Waals surface area contributed by atoms with Crippen molar-refractivity contribution in [2.45, 2.75) is 33.3 Å². The van der Waals surface area contributed by atoms with Crippen LogP contribution in [0.4, 0.5) is 5.00 Å². The van der Waals surface area contributed by atoms with Crippen LogP contribution in [0.15, 0.2) is 46.9 Å². The molecule has 2 heterocycles. The van der Waals surface area contributed by atoms with Gasteiger partial charge >= 0.3 is 5.97 Å². The Morgan fingerprint density at radius 2 is 1.86 bits per heavy atom. The molecule has 0 unspecified atom stereocenters. The van der Waals surface area contributed by atoms with E-state index in [9.17, 15) is 9.59 Å². The van der Waals surface area contributed by atoms with Crippen molar-refractivity contribution in [2.24, 2.45) is 0 Å². The molecule has 0 aliphatic carbocycles. The van der Waals surface area contributed by atoms with E-state index in [0.717, 1.165) is 10.6 Å². The molecular formula is C22H23NO5S. The monoisotopic (exact) mass is 413 g/mol. The molecule has 1 amide bonds. The van der Waals surface area contributed by atoms with E-state index in [1.165, 1.54) is 24.0 Å². The lowest BCUT2D eigenvalue weighted by Gasteiger charge is -2.08. The number of rotatable bonds is 7. The van der Waals surface area contributed by atoms with Crippen LogP contribution in [0.5, 0.6) is 5.75 Å². The molecular weight excluding hydrogens is 390 g/mol. The number of ether oxygens (including phenoxy) is 2. The lowest BCUT2D eigenvalue weighted by Crippen LogP contribution is -2.13. The Bertz CT molecular complexity index is 1000. The van der Waals surface area contributed by atoms with Crippen molar-refractivity contribution in [1.82, 2.24) is 0 Å². The lowest BCUT2D eigenvalue weighted by atomic mass is 10.0. The van der Waals surface area contributed by atoms with Crippen molar-refractivity contribution in [2.75, 3.05) is 12.4 Å². The number of carbonyl (C=O) groups excluding carboxylic acids is 2. The number of hydrogen-bond acceptors (Lipinski definition) is 6. The van der Waals surface area contributed by atoms with Crippen molar-refractivity contribution in [1.29, 1.82) is 0 Å². The standard InChI is InChI=1S/C22H23NO5S/c1-13(2)15-5-7-16(8-6-15)27-12-17-9-10-19(28-17)20(24)23-21-18(22(25)26-4)11-14(3)29-21/h5-11,13H,12H2,1-4H3,(H,23,24). The van der Waals surface area contributed by atoms with Crippen molar-refractivity contribution < 1.29 is 23.5 Å². The van der Waals surface area contributed by atoms with E-state index in [1.807, 2.05) is 31.2 Å². The third kappa shape index (κ3) is 5.06. The summed E-state index contributed by atoms with van der Waals surface area (Å²) in [5, 5.41) is 3.14. The van der Waals surface area contributed by atoms with Crippen molar-refractivity contribution in [3.05, 3.63) is 70.0 Å². The molecule has 1 N–H and O–H groups in total. The number of benzene rings is 1. The van der Waals surface area contributed by atoms with Gasteiger partial charge < -0.3 is 19.2 Å². The Morgan fingerprint density at radius 3 is 2.52 bits per heavy atom. The van der Waals surface area contributed by atoms with Crippen LogP contribution in [0.1, 0.15) is 56.9 Å². The van der Waals surface area contributed by atoms with Gasteiger partial charge in [-0.15, -0.1) is 11.3 Å². The van der Waals surface area contributed by atoms with E-state index in [2.05, 4.69) is 19.2 Å². The lowest BCUT2D eigenvalue weighted by molar-refractivity contribution is 0.0602. The van der Waals surface area contributed by atoms with E-state index < -0.39 is 11.9 Å². The highest BCUT2D eigenvalue weighted by molar-refractivity contribution is 7.16. The molecule has 0 saturated carbocycles. The topological polar surface area (TPSA) is 77.8 Å². The van der Waals surface area contributed by atoms with Crippen LogP contribution < -0.4 is 10.1 Å². The van der Waals surface area contributed by atoms with Crippen molar-refractivity contribution in [3.8, 4) is 5.75 Å². The molecule has 0 aliphatic rings. The summed E-state index contributed by atoms with van der Waals surface area (Å²) in [6.07, 6.45) is 0. The third-order valence-electron chi connectivity index (χ3n) is 4.30. The predicted octanol–water partition coefficient (Wildman–Crippen LogP) is 5.39. The Morgan fingerprint density at radius 1 is 1.14 bits per heavy atom. The molecule has 3 rings (SSSR count). The van der Waals surface area contributed by atoms with E-state index in [-0.39, 0.29) is 12.4 Å². The minimum Gasteiger partial charge on any atom is -0.486 e. The molecule has 0 radical (unpaired) electrons. The van der Waals surface area contributed by atoms with Crippen LogP contribution in [-0.4, -0.2) is 19.0 Å². The number of hydrogen-bond donors (Lipinski definition) is 1. The molecule has 0 bridgehead atoms. The van der Waals surface area contributed by atoms with Crippen LogP contribution in [0, 0.1) is 6.92 Å². The number of esters is 1. The van der Waals surface area contributed by atoms with Gasteiger partial charge in [-0.2, -0.15) is 0 Å². The molecule has 0 aliphatic heterocycles. The SMILES string of the molecule is COC(=O)c1cc(C)sc1NC(=O)c1ccc(COc2ccc(C(C)C)cc2)o1. The fourth-order valence-corrected chi connectivity index (χ4v) is 3.61. The minimum absolute atomic E-state index is 0.139. The number of thiophene rings is 1. The fraction of sp³-hybridized carbons (Fsp3) is 0.273. The highest BCUT2D eigenvalue weighted by Gasteiger charge is 2.19. The maximum absolute atomic E-state index is 12.5. The molecule has 2 aromatic heterocycles. The summed E-state index contributed by atoms with van der Waals surface area (Å²) in [4.78, 5) is 25.2. The first-order valence-electron chi connectivity index (χ1n) is 9.19. The zero-order valence-corrected chi connectivity index (χ0v) is 17.6. The Hall–Kier alpha value is -3.06. The molecule has 0 saturated heterocycles. The Balaban J connectivity index is 1.62. The van der Waals surface area contributed by atoms with Gasteiger partial charge in [0.2, 0.25) is 0 Å². The van der Waals surface area contributed by atoms with Crippen LogP contribution in [0.2, 0.25) is 0 Å². The fourth-order valence-electron chi connectivity index (χ4n) is 2.71. The van der Waals surface area contributed by atoms with Crippen LogP contribution >= 0.6 is 11.3 Å². The number of furan rings is 1. The molecule has 7 heteroatoms. The minimum atomic E-state index is -0.498. The second-order valence-corrected chi connectivity index (χ2v) is 8.08. The predicted molar refractivity (Wildman–Crippen MR) is 112 cm³/mol. The third-order valence-corrected chi connectivity index (χ3v) is 5.27. The van der Waals surface area contributed by atoms with Gasteiger partial charge in [-0.3, -0.25) is 4.79 Å². The molecule has 0 atom stereocenters. The quantitative estimate of drug-likeness (QED) is 0.525. The normalized spacial score (nSPS) is 10.8. The highest BCUT2D eigenvalue weighted by Crippen LogP contribution is 2.29. The smallest absolute Gasteiger partial charge is 0.340 e. The van der Waals surface area contributed by atoms with Gasteiger partial charge in [0.05, 0.1) is 12.7 Å². The summed E-state index contributed by atoms with van der Waals surface area (Å²) in [5.74, 6) is 0.918. The molecule has 0 spiro atoms. The average molecular weight is 413 g/mol. The first kappa shape index (κ1) is 20.7. The second-order valence-electron chi connectivity index (χ2n) is 6.82. The first-order chi connectivity index (χ1) is 13.9. The molecule has 152 valence electrons. The maximum Gasteiger partial charge on any atom is 0.340 e. The Labute approximate surface area is 173 Å². The molecule has 29 heavy (non-hydrogen) atoms. The molecule has 6 nitrogen and oxygen atoms in total. The summed E-state index contributed by atoms with van der Waals surface area (Å²) in [6.45, 7) is 6.33. The van der Waals surface area contributed by atoms with Gasteiger partial charge in [-0.25, -0.2) is 4.79 Å². The summed E-state index contributed by atoms with van der Waals surface area (Å²) in [6, 6.07) is 12.8. The molecule has 0 fully saturated rings. The zero-order chi connectivity index (χ0) is 21.0. The summed E-state index contributed by atoms with van der Waals surface area (Å²) < 4.78 is 16.1. The van der Waals surface area contributed by atoms with Crippen LogP contribution in [0.25, 0.3) is 0 Å². The number of carbonyl (C=O) groups is 2. The number of amides is 1. The van der Waals surface area contributed by atoms with Gasteiger partial charge in [0.15, 0.2) is 5.76 Å².